The molecule has 0 spiro atoms. The number of hydrogen-bond acceptors (Lipinski definition) is 2. The minimum absolute atomic E-state index is 0.221. The van der Waals surface area contributed by atoms with E-state index in [2.05, 4.69) is 36.7 Å². The molecule has 3 nitrogen and oxygen atoms in total. The van der Waals surface area contributed by atoms with Crippen molar-refractivity contribution in [3.8, 4) is 0 Å². The zero-order chi connectivity index (χ0) is 15.5. The summed E-state index contributed by atoms with van der Waals surface area (Å²) in [5.74, 6) is -0.221. The van der Waals surface area contributed by atoms with Crippen molar-refractivity contribution in [1.82, 2.24) is 4.57 Å². The maximum absolute atomic E-state index is 12.3. The second-order valence-corrected chi connectivity index (χ2v) is 6.05. The zero-order valence-electron chi connectivity index (χ0n) is 12.3. The average Bonchev–Trinajstić information content (AvgIpc) is 2.85. The van der Waals surface area contributed by atoms with Gasteiger partial charge < -0.3 is 4.57 Å². The number of fused-ring (bicyclic) bond motifs is 1. The molecule has 110 valence electrons. The molecule has 0 atom stereocenters. The lowest BCUT2D eigenvalue weighted by molar-refractivity contribution is 0.0998. The topological polar surface area (TPSA) is 34.4 Å². The van der Waals surface area contributed by atoms with Gasteiger partial charge in [-0.15, -0.1) is 6.58 Å². The maximum atomic E-state index is 12.3. The standard InChI is InChI=1S/C18H16N2OS/c1-3-11-20-15-10-9-13(2)12-16(15)22-18(20)19-17(21)14-7-5-4-6-8-14/h3-10,12H,1,11H2,2H3. The normalized spacial score (nSPS) is 11.8. The number of amides is 1. The highest BCUT2D eigenvalue weighted by Gasteiger charge is 2.08. The Labute approximate surface area is 132 Å². The zero-order valence-corrected chi connectivity index (χ0v) is 13.1. The Morgan fingerprint density at radius 1 is 1.27 bits per heavy atom. The summed E-state index contributed by atoms with van der Waals surface area (Å²) in [6.07, 6.45) is 1.82. The summed E-state index contributed by atoms with van der Waals surface area (Å²) in [5, 5.41) is 0. The lowest BCUT2D eigenvalue weighted by Gasteiger charge is -2.01. The molecule has 0 radical (unpaired) electrons. The van der Waals surface area contributed by atoms with Crippen LogP contribution >= 0.6 is 11.3 Å². The predicted molar refractivity (Wildman–Crippen MR) is 91.1 cm³/mol. The van der Waals surface area contributed by atoms with Crippen molar-refractivity contribution in [2.75, 3.05) is 0 Å². The van der Waals surface area contributed by atoms with Gasteiger partial charge in [-0.3, -0.25) is 4.79 Å². The highest BCUT2D eigenvalue weighted by molar-refractivity contribution is 7.16. The number of allylic oxidation sites excluding steroid dienone is 1. The Morgan fingerprint density at radius 3 is 2.77 bits per heavy atom. The van der Waals surface area contributed by atoms with Crippen LogP contribution in [0.3, 0.4) is 0 Å². The number of benzene rings is 2. The molecule has 22 heavy (non-hydrogen) atoms. The van der Waals surface area contributed by atoms with E-state index in [4.69, 9.17) is 0 Å². The molecule has 0 saturated carbocycles. The van der Waals surface area contributed by atoms with Crippen molar-refractivity contribution in [2.24, 2.45) is 4.99 Å². The van der Waals surface area contributed by atoms with E-state index in [9.17, 15) is 4.79 Å². The first-order valence-electron chi connectivity index (χ1n) is 7.04. The van der Waals surface area contributed by atoms with Gasteiger partial charge in [0.25, 0.3) is 5.91 Å². The molecule has 0 unspecified atom stereocenters. The number of carbonyl (C=O) groups excluding carboxylic acids is 1. The van der Waals surface area contributed by atoms with E-state index >= 15 is 0 Å². The molecule has 0 N–H and O–H groups in total. The lowest BCUT2D eigenvalue weighted by atomic mass is 10.2. The Balaban J connectivity index is 2.17. The minimum Gasteiger partial charge on any atom is -0.312 e. The number of hydrogen-bond donors (Lipinski definition) is 0. The van der Waals surface area contributed by atoms with Crippen LogP contribution in [0.25, 0.3) is 10.2 Å². The third kappa shape index (κ3) is 2.78. The second kappa shape index (κ2) is 6.12. The molecule has 0 saturated heterocycles. The van der Waals surface area contributed by atoms with Gasteiger partial charge in [-0.1, -0.05) is 41.7 Å². The van der Waals surface area contributed by atoms with Crippen LogP contribution in [0.15, 0.2) is 66.2 Å². The van der Waals surface area contributed by atoms with Gasteiger partial charge in [-0.05, 0) is 36.8 Å². The molecule has 0 aliphatic carbocycles. The largest absolute Gasteiger partial charge is 0.312 e. The van der Waals surface area contributed by atoms with Crippen LogP contribution in [0.2, 0.25) is 0 Å². The summed E-state index contributed by atoms with van der Waals surface area (Å²) >= 11 is 1.53. The van der Waals surface area contributed by atoms with Crippen LogP contribution in [0.1, 0.15) is 15.9 Å². The first-order chi connectivity index (χ1) is 10.7. The summed E-state index contributed by atoms with van der Waals surface area (Å²) < 4.78 is 3.15. The van der Waals surface area contributed by atoms with E-state index in [1.165, 1.54) is 16.9 Å². The predicted octanol–water partition coefficient (Wildman–Crippen LogP) is 3.94. The van der Waals surface area contributed by atoms with Crippen molar-refractivity contribution in [1.29, 1.82) is 0 Å². The van der Waals surface area contributed by atoms with E-state index in [0.29, 0.717) is 16.9 Å². The fraction of sp³-hybridized carbons (Fsp3) is 0.111. The van der Waals surface area contributed by atoms with Crippen molar-refractivity contribution < 1.29 is 4.79 Å². The first-order valence-corrected chi connectivity index (χ1v) is 7.85. The van der Waals surface area contributed by atoms with Gasteiger partial charge in [0.2, 0.25) is 0 Å². The van der Waals surface area contributed by atoms with Crippen LogP contribution in [-0.4, -0.2) is 10.5 Å². The van der Waals surface area contributed by atoms with Crippen LogP contribution in [-0.2, 0) is 6.54 Å². The molecule has 1 amide bonds. The molecule has 3 rings (SSSR count). The molecule has 1 heterocycles. The maximum Gasteiger partial charge on any atom is 0.279 e. The molecule has 0 fully saturated rings. The van der Waals surface area contributed by atoms with Gasteiger partial charge in [0.15, 0.2) is 4.80 Å². The summed E-state index contributed by atoms with van der Waals surface area (Å²) in [6.45, 7) is 6.48. The molecule has 1 aromatic heterocycles. The molecule has 2 aromatic carbocycles. The van der Waals surface area contributed by atoms with Gasteiger partial charge >= 0.3 is 0 Å². The lowest BCUT2D eigenvalue weighted by Crippen LogP contribution is -2.16. The number of rotatable bonds is 3. The number of carbonyl (C=O) groups is 1. The number of aryl methyl sites for hydroxylation is 1. The Hall–Kier alpha value is -2.46. The van der Waals surface area contributed by atoms with Crippen LogP contribution in [0.5, 0.6) is 0 Å². The molecule has 0 bridgehead atoms. The molecular weight excluding hydrogens is 292 g/mol. The van der Waals surface area contributed by atoms with E-state index < -0.39 is 0 Å². The van der Waals surface area contributed by atoms with E-state index in [0.717, 1.165) is 10.2 Å². The van der Waals surface area contributed by atoms with Crippen molar-refractivity contribution >= 4 is 27.5 Å². The summed E-state index contributed by atoms with van der Waals surface area (Å²) in [6, 6.07) is 15.4. The number of thiazole rings is 1. The van der Waals surface area contributed by atoms with Crippen molar-refractivity contribution in [3.05, 3.63) is 77.1 Å². The smallest absolute Gasteiger partial charge is 0.279 e. The minimum atomic E-state index is -0.221. The summed E-state index contributed by atoms with van der Waals surface area (Å²) in [4.78, 5) is 17.3. The van der Waals surface area contributed by atoms with Crippen molar-refractivity contribution in [2.45, 2.75) is 13.5 Å². The highest BCUT2D eigenvalue weighted by atomic mass is 32.1. The fourth-order valence-corrected chi connectivity index (χ4v) is 3.44. The summed E-state index contributed by atoms with van der Waals surface area (Å²) in [5.41, 5.74) is 2.87. The number of aromatic nitrogens is 1. The second-order valence-electron chi connectivity index (χ2n) is 5.04. The van der Waals surface area contributed by atoms with Gasteiger partial charge in [0, 0.05) is 12.1 Å². The van der Waals surface area contributed by atoms with E-state index in [1.807, 2.05) is 28.8 Å². The quantitative estimate of drug-likeness (QED) is 0.675. The van der Waals surface area contributed by atoms with E-state index in [1.54, 1.807) is 12.1 Å². The molecule has 3 aromatic rings. The fourth-order valence-electron chi connectivity index (χ4n) is 2.30. The summed E-state index contributed by atoms with van der Waals surface area (Å²) in [7, 11) is 0. The third-order valence-electron chi connectivity index (χ3n) is 3.37. The Bertz CT molecular complexity index is 904. The molecule has 0 aliphatic heterocycles. The first kappa shape index (κ1) is 14.5. The van der Waals surface area contributed by atoms with Crippen LogP contribution in [0.4, 0.5) is 0 Å². The van der Waals surface area contributed by atoms with Crippen molar-refractivity contribution in [3.63, 3.8) is 0 Å². The molecule has 4 heteroatoms. The Kier molecular flexibility index (Phi) is 4.02. The average molecular weight is 308 g/mol. The number of nitrogens with zero attached hydrogens (tertiary/aromatic N) is 2. The van der Waals surface area contributed by atoms with Gasteiger partial charge in [-0.25, -0.2) is 0 Å². The van der Waals surface area contributed by atoms with Crippen LogP contribution in [0, 0.1) is 6.92 Å². The highest BCUT2D eigenvalue weighted by Crippen LogP contribution is 2.19. The monoisotopic (exact) mass is 308 g/mol. The van der Waals surface area contributed by atoms with Gasteiger partial charge in [0.1, 0.15) is 0 Å². The van der Waals surface area contributed by atoms with E-state index in [-0.39, 0.29) is 5.91 Å². The SMILES string of the molecule is C=CCn1c(=NC(=O)c2ccccc2)sc2cc(C)ccc21. The van der Waals surface area contributed by atoms with Gasteiger partial charge in [-0.2, -0.15) is 4.99 Å². The van der Waals surface area contributed by atoms with Gasteiger partial charge in [0.05, 0.1) is 10.2 Å². The molecular formula is C18H16N2OS. The van der Waals surface area contributed by atoms with Crippen LogP contribution < -0.4 is 4.80 Å². The third-order valence-corrected chi connectivity index (χ3v) is 4.41. The Morgan fingerprint density at radius 2 is 2.05 bits per heavy atom. The molecule has 0 aliphatic rings.